The second kappa shape index (κ2) is 13.5. The highest BCUT2D eigenvalue weighted by Crippen LogP contribution is 2.22. The van der Waals surface area contributed by atoms with E-state index in [0.29, 0.717) is 17.7 Å². The first-order chi connectivity index (χ1) is 13.2. The van der Waals surface area contributed by atoms with Gasteiger partial charge in [-0.15, -0.1) is 24.0 Å². The first kappa shape index (κ1) is 24.4. The Hall–Kier alpha value is -1.68. The molecule has 2 amide bonds. The fourth-order valence-corrected chi connectivity index (χ4v) is 2.94. The van der Waals surface area contributed by atoms with Gasteiger partial charge in [-0.1, -0.05) is 12.1 Å². The number of imide groups is 1. The number of halogens is 1. The van der Waals surface area contributed by atoms with Crippen LogP contribution in [0.4, 0.5) is 0 Å². The van der Waals surface area contributed by atoms with E-state index in [1.54, 1.807) is 31.3 Å². The largest absolute Gasteiger partial charge is 0.382 e. The van der Waals surface area contributed by atoms with Gasteiger partial charge in [-0.2, -0.15) is 0 Å². The summed E-state index contributed by atoms with van der Waals surface area (Å²) in [5.41, 5.74) is 1.02. The Labute approximate surface area is 184 Å². The van der Waals surface area contributed by atoms with E-state index in [4.69, 9.17) is 4.74 Å². The molecule has 1 aromatic carbocycles. The van der Waals surface area contributed by atoms with E-state index < -0.39 is 0 Å². The number of benzene rings is 1. The fraction of sp³-hybridized carbons (Fsp3) is 0.550. The second-order valence-electron chi connectivity index (χ2n) is 6.34. The van der Waals surface area contributed by atoms with Crippen LogP contribution < -0.4 is 10.6 Å². The lowest BCUT2D eigenvalue weighted by atomic mass is 10.1. The van der Waals surface area contributed by atoms with Gasteiger partial charge in [0, 0.05) is 39.9 Å². The van der Waals surface area contributed by atoms with Gasteiger partial charge in [0.25, 0.3) is 11.8 Å². The van der Waals surface area contributed by atoms with Crippen molar-refractivity contribution in [3.8, 4) is 0 Å². The lowest BCUT2D eigenvalue weighted by molar-refractivity contribution is 0.0652. The molecule has 2 rings (SSSR count). The molecule has 7 nitrogen and oxygen atoms in total. The summed E-state index contributed by atoms with van der Waals surface area (Å²) in [4.78, 5) is 30.1. The molecule has 0 spiro atoms. The molecule has 2 N–H and O–H groups in total. The van der Waals surface area contributed by atoms with Crippen LogP contribution in [-0.2, 0) is 4.74 Å². The van der Waals surface area contributed by atoms with Crippen LogP contribution in [-0.4, -0.2) is 62.6 Å². The molecular formula is C20H31IN4O3. The van der Waals surface area contributed by atoms with Gasteiger partial charge in [-0.05, 0) is 44.7 Å². The number of aliphatic imine (C=N–C) groups is 1. The van der Waals surface area contributed by atoms with Gasteiger partial charge in [0.05, 0.1) is 11.1 Å². The summed E-state index contributed by atoms with van der Waals surface area (Å²) in [6.07, 6.45) is 3.65. The summed E-state index contributed by atoms with van der Waals surface area (Å²) in [6, 6.07) is 6.99. The Balaban J connectivity index is 0.00000392. The second-order valence-corrected chi connectivity index (χ2v) is 6.34. The van der Waals surface area contributed by atoms with Gasteiger partial charge in [0.15, 0.2) is 5.96 Å². The summed E-state index contributed by atoms with van der Waals surface area (Å²) in [5, 5.41) is 6.52. The number of ether oxygens (including phenoxy) is 1. The zero-order valence-electron chi connectivity index (χ0n) is 16.7. The van der Waals surface area contributed by atoms with Gasteiger partial charge in [0.1, 0.15) is 0 Å². The first-order valence-electron chi connectivity index (χ1n) is 9.66. The SMILES string of the molecule is CCOCCCCNC(=NC)NCCCCN1C(=O)c2ccccc2C1=O.I. The standard InChI is InChI=1S/C20H30N4O3.HI/c1-3-27-15-9-7-13-23-20(21-2)22-12-6-8-14-24-18(25)16-10-4-5-11-17(16)19(24)26;/h4-5,10-11H,3,6-9,12-15H2,1-2H3,(H2,21,22,23);1H. The smallest absolute Gasteiger partial charge is 0.261 e. The normalized spacial score (nSPS) is 13.4. The third-order valence-electron chi connectivity index (χ3n) is 4.41. The van der Waals surface area contributed by atoms with Crippen LogP contribution in [0.2, 0.25) is 0 Å². The Morgan fingerprint density at radius 1 is 1.00 bits per heavy atom. The zero-order chi connectivity index (χ0) is 19.5. The number of fused-ring (bicyclic) bond motifs is 1. The van der Waals surface area contributed by atoms with Crippen LogP contribution >= 0.6 is 24.0 Å². The molecule has 0 saturated carbocycles. The van der Waals surface area contributed by atoms with E-state index in [0.717, 1.165) is 57.9 Å². The molecule has 1 heterocycles. The van der Waals surface area contributed by atoms with Crippen LogP contribution in [0, 0.1) is 0 Å². The number of hydrogen-bond donors (Lipinski definition) is 2. The predicted octanol–water partition coefficient (Wildman–Crippen LogP) is 2.66. The molecule has 1 aromatic rings. The van der Waals surface area contributed by atoms with Crippen molar-refractivity contribution < 1.29 is 14.3 Å². The average Bonchev–Trinajstić information content (AvgIpc) is 2.93. The maximum atomic E-state index is 12.3. The molecular weight excluding hydrogens is 471 g/mol. The third-order valence-corrected chi connectivity index (χ3v) is 4.41. The van der Waals surface area contributed by atoms with Crippen LogP contribution in [0.1, 0.15) is 53.3 Å². The summed E-state index contributed by atoms with van der Waals surface area (Å²) < 4.78 is 5.31. The molecule has 0 aliphatic carbocycles. The minimum Gasteiger partial charge on any atom is -0.382 e. The lowest BCUT2D eigenvalue weighted by Gasteiger charge is -2.15. The third kappa shape index (κ3) is 7.05. The molecule has 1 aliphatic heterocycles. The van der Waals surface area contributed by atoms with Gasteiger partial charge in [0.2, 0.25) is 0 Å². The number of amides is 2. The number of hydrogen-bond acceptors (Lipinski definition) is 4. The molecule has 0 aromatic heterocycles. The van der Waals surface area contributed by atoms with E-state index >= 15 is 0 Å². The topological polar surface area (TPSA) is 83.0 Å². The number of nitrogens with one attached hydrogen (secondary N) is 2. The van der Waals surface area contributed by atoms with Crippen LogP contribution in [0.3, 0.4) is 0 Å². The predicted molar refractivity (Wildman–Crippen MR) is 122 cm³/mol. The molecule has 0 fully saturated rings. The van der Waals surface area contributed by atoms with Crippen molar-refractivity contribution in [2.75, 3.05) is 39.9 Å². The van der Waals surface area contributed by atoms with Crippen molar-refractivity contribution in [3.63, 3.8) is 0 Å². The highest BCUT2D eigenvalue weighted by Gasteiger charge is 2.34. The van der Waals surface area contributed by atoms with E-state index in [9.17, 15) is 9.59 Å². The van der Waals surface area contributed by atoms with Crippen LogP contribution in [0.25, 0.3) is 0 Å². The average molecular weight is 502 g/mol. The Morgan fingerprint density at radius 2 is 1.57 bits per heavy atom. The number of nitrogens with zero attached hydrogens (tertiary/aromatic N) is 2. The molecule has 0 unspecified atom stereocenters. The van der Waals surface area contributed by atoms with Crippen molar-refractivity contribution in [2.45, 2.75) is 32.6 Å². The van der Waals surface area contributed by atoms with E-state index in [1.165, 1.54) is 4.90 Å². The Bertz CT molecular complexity index is 632. The number of carbonyl (C=O) groups is 2. The van der Waals surface area contributed by atoms with Crippen LogP contribution in [0.5, 0.6) is 0 Å². The molecule has 1 aliphatic rings. The summed E-state index contributed by atoms with van der Waals surface area (Å²) >= 11 is 0. The minimum absolute atomic E-state index is 0. The van der Waals surface area contributed by atoms with Gasteiger partial charge in [-0.25, -0.2) is 0 Å². The molecule has 0 saturated heterocycles. The molecule has 156 valence electrons. The molecule has 0 atom stereocenters. The monoisotopic (exact) mass is 502 g/mol. The lowest BCUT2D eigenvalue weighted by Crippen LogP contribution is -2.38. The summed E-state index contributed by atoms with van der Waals surface area (Å²) in [5.74, 6) is 0.397. The van der Waals surface area contributed by atoms with E-state index in [1.807, 2.05) is 6.92 Å². The van der Waals surface area contributed by atoms with Gasteiger partial charge in [-0.3, -0.25) is 19.5 Å². The number of guanidine groups is 1. The van der Waals surface area contributed by atoms with Crippen molar-refractivity contribution in [1.82, 2.24) is 15.5 Å². The van der Waals surface area contributed by atoms with Gasteiger partial charge >= 0.3 is 0 Å². The first-order valence-corrected chi connectivity index (χ1v) is 9.66. The number of carbonyl (C=O) groups excluding carboxylic acids is 2. The highest BCUT2D eigenvalue weighted by molar-refractivity contribution is 14.0. The van der Waals surface area contributed by atoms with E-state index in [2.05, 4.69) is 15.6 Å². The Morgan fingerprint density at radius 3 is 2.11 bits per heavy atom. The highest BCUT2D eigenvalue weighted by atomic mass is 127. The number of unbranched alkanes of at least 4 members (excludes halogenated alkanes) is 2. The number of rotatable bonds is 11. The minimum atomic E-state index is -0.187. The molecule has 0 radical (unpaired) electrons. The van der Waals surface area contributed by atoms with Crippen LogP contribution in [0.15, 0.2) is 29.3 Å². The van der Waals surface area contributed by atoms with Crippen molar-refractivity contribution in [3.05, 3.63) is 35.4 Å². The fourth-order valence-electron chi connectivity index (χ4n) is 2.94. The van der Waals surface area contributed by atoms with Crippen molar-refractivity contribution >= 4 is 41.8 Å². The van der Waals surface area contributed by atoms with Crippen molar-refractivity contribution in [1.29, 1.82) is 0 Å². The quantitative estimate of drug-likeness (QED) is 0.160. The summed E-state index contributed by atoms with van der Waals surface area (Å²) in [7, 11) is 1.74. The molecule has 8 heteroatoms. The molecule has 28 heavy (non-hydrogen) atoms. The van der Waals surface area contributed by atoms with E-state index in [-0.39, 0.29) is 35.8 Å². The maximum absolute atomic E-state index is 12.3. The maximum Gasteiger partial charge on any atom is 0.261 e. The molecule has 0 bridgehead atoms. The van der Waals surface area contributed by atoms with Gasteiger partial charge < -0.3 is 15.4 Å². The van der Waals surface area contributed by atoms with Crippen molar-refractivity contribution in [2.24, 2.45) is 4.99 Å². The zero-order valence-corrected chi connectivity index (χ0v) is 19.0. The summed E-state index contributed by atoms with van der Waals surface area (Å²) in [6.45, 7) is 5.58. The Kier molecular flexibility index (Phi) is 11.7.